The molecule has 1 aromatic rings. The van der Waals surface area contributed by atoms with E-state index < -0.39 is 39.3 Å². The van der Waals surface area contributed by atoms with Crippen LogP contribution >= 0.6 is 0 Å². The summed E-state index contributed by atoms with van der Waals surface area (Å²) in [5.41, 5.74) is 1.79. The standard InChI is InChI=1S/C12H14N4O7/c1-23-12(18)9-5-8(17)6-14(13-9)10-3-2-7(15(19)20)4-11(10)16(21)22/h2-4,8-9,13,17H,5-6H2,1H3/t8-,9-/m0/s1. The number of aliphatic hydroxyl groups is 1. The van der Waals surface area contributed by atoms with Crippen molar-refractivity contribution in [3.8, 4) is 0 Å². The maximum Gasteiger partial charge on any atom is 0.324 e. The topological polar surface area (TPSA) is 148 Å². The molecule has 11 nitrogen and oxygen atoms in total. The van der Waals surface area contributed by atoms with Crippen LogP contribution in [0, 0.1) is 20.2 Å². The van der Waals surface area contributed by atoms with E-state index in [1.807, 2.05) is 0 Å². The maximum atomic E-state index is 11.6. The number of rotatable bonds is 4. The molecule has 1 heterocycles. The van der Waals surface area contributed by atoms with E-state index in [1.54, 1.807) is 0 Å². The average molecular weight is 326 g/mol. The van der Waals surface area contributed by atoms with Gasteiger partial charge in [-0.15, -0.1) is 0 Å². The van der Waals surface area contributed by atoms with Gasteiger partial charge in [-0.25, -0.2) is 5.43 Å². The third-order valence-corrected chi connectivity index (χ3v) is 3.36. The highest BCUT2D eigenvalue weighted by atomic mass is 16.6. The minimum atomic E-state index is -0.921. The van der Waals surface area contributed by atoms with Crippen molar-refractivity contribution in [2.24, 2.45) is 0 Å². The monoisotopic (exact) mass is 326 g/mol. The number of hydrazine groups is 1. The molecule has 1 aromatic carbocycles. The second-order valence-corrected chi connectivity index (χ2v) is 4.89. The molecule has 1 saturated heterocycles. The van der Waals surface area contributed by atoms with Crippen molar-refractivity contribution in [1.82, 2.24) is 5.43 Å². The molecule has 11 heteroatoms. The number of ether oxygens (including phenoxy) is 1. The van der Waals surface area contributed by atoms with Gasteiger partial charge in [0.1, 0.15) is 11.7 Å². The van der Waals surface area contributed by atoms with E-state index in [9.17, 15) is 30.1 Å². The lowest BCUT2D eigenvalue weighted by molar-refractivity contribution is -0.393. The summed E-state index contributed by atoms with van der Waals surface area (Å²) in [6.45, 7) is -0.0217. The van der Waals surface area contributed by atoms with Crippen LogP contribution in [0.3, 0.4) is 0 Å². The Morgan fingerprint density at radius 2 is 2.09 bits per heavy atom. The lowest BCUT2D eigenvalue weighted by Gasteiger charge is -2.36. The van der Waals surface area contributed by atoms with Crippen molar-refractivity contribution < 1.29 is 24.5 Å². The zero-order valence-electron chi connectivity index (χ0n) is 12.0. The van der Waals surface area contributed by atoms with E-state index in [4.69, 9.17) is 0 Å². The Kier molecular flexibility index (Phi) is 4.71. The Bertz CT molecular complexity index is 650. The first kappa shape index (κ1) is 16.6. The van der Waals surface area contributed by atoms with Crippen LogP contribution in [0.2, 0.25) is 0 Å². The molecule has 2 atom stereocenters. The van der Waals surface area contributed by atoms with E-state index in [0.717, 1.165) is 12.1 Å². The molecular formula is C12H14N4O7. The van der Waals surface area contributed by atoms with Crippen molar-refractivity contribution in [3.63, 3.8) is 0 Å². The molecule has 0 unspecified atom stereocenters. The second kappa shape index (κ2) is 6.54. The second-order valence-electron chi connectivity index (χ2n) is 4.89. The Hall–Kier alpha value is -2.79. The number of carbonyl (C=O) groups excluding carboxylic acids is 1. The predicted octanol–water partition coefficient (Wildman–Crippen LogP) is 0.120. The van der Waals surface area contributed by atoms with Crippen LogP contribution in [-0.2, 0) is 9.53 Å². The quantitative estimate of drug-likeness (QED) is 0.447. The number of nitrogens with zero attached hydrogens (tertiary/aromatic N) is 3. The van der Waals surface area contributed by atoms with E-state index in [2.05, 4.69) is 10.2 Å². The molecule has 23 heavy (non-hydrogen) atoms. The molecule has 0 radical (unpaired) electrons. The van der Waals surface area contributed by atoms with Gasteiger partial charge >= 0.3 is 11.7 Å². The number of anilines is 1. The van der Waals surface area contributed by atoms with Crippen molar-refractivity contribution in [2.45, 2.75) is 18.6 Å². The Balaban J connectivity index is 2.37. The molecule has 0 amide bonds. The van der Waals surface area contributed by atoms with Crippen LogP contribution in [0.15, 0.2) is 18.2 Å². The summed E-state index contributed by atoms with van der Waals surface area (Å²) < 4.78 is 4.59. The van der Waals surface area contributed by atoms with Crippen molar-refractivity contribution >= 4 is 23.0 Å². The lowest BCUT2D eigenvalue weighted by Crippen LogP contribution is -2.58. The Labute approximate surface area is 129 Å². The predicted molar refractivity (Wildman–Crippen MR) is 76.7 cm³/mol. The summed E-state index contributed by atoms with van der Waals surface area (Å²) in [5, 5.41) is 33.0. The number of methoxy groups -OCH3 is 1. The number of nitro groups is 2. The molecule has 2 rings (SSSR count). The SMILES string of the molecule is COC(=O)[C@@H]1C[C@H](O)CN(c2ccc([N+](=O)[O-])cc2[N+](=O)[O-])N1. The number of nitro benzene ring substituents is 2. The van der Waals surface area contributed by atoms with Crippen LogP contribution in [0.25, 0.3) is 0 Å². The molecule has 1 fully saturated rings. The highest BCUT2D eigenvalue weighted by molar-refractivity contribution is 5.77. The number of aliphatic hydroxyl groups excluding tert-OH is 1. The van der Waals surface area contributed by atoms with E-state index in [1.165, 1.54) is 18.2 Å². The first-order valence-electron chi connectivity index (χ1n) is 6.56. The van der Waals surface area contributed by atoms with Gasteiger partial charge in [-0.3, -0.25) is 30.0 Å². The molecular weight excluding hydrogens is 312 g/mol. The summed E-state index contributed by atoms with van der Waals surface area (Å²) in [6.07, 6.45) is -0.834. The summed E-state index contributed by atoms with van der Waals surface area (Å²) in [6, 6.07) is 2.25. The van der Waals surface area contributed by atoms with Crippen molar-refractivity contribution in [3.05, 3.63) is 38.4 Å². The Morgan fingerprint density at radius 3 is 2.65 bits per heavy atom. The number of β-amino-alcohol motifs (C(OH)–C–C–N with tert-alkyl or cyclic N) is 1. The van der Waals surface area contributed by atoms with Crippen molar-refractivity contribution in [1.29, 1.82) is 0 Å². The first-order valence-corrected chi connectivity index (χ1v) is 6.56. The molecule has 1 aliphatic rings. The number of benzene rings is 1. The number of carbonyl (C=O) groups is 1. The van der Waals surface area contributed by atoms with Gasteiger partial charge in [0.25, 0.3) is 5.69 Å². The van der Waals surface area contributed by atoms with E-state index >= 15 is 0 Å². The minimum Gasteiger partial charge on any atom is -0.468 e. The van der Waals surface area contributed by atoms with E-state index in [-0.39, 0.29) is 18.7 Å². The largest absolute Gasteiger partial charge is 0.468 e. The summed E-state index contributed by atoms with van der Waals surface area (Å²) in [5.74, 6) is -0.627. The fourth-order valence-corrected chi connectivity index (χ4v) is 2.31. The Morgan fingerprint density at radius 1 is 1.39 bits per heavy atom. The van der Waals surface area contributed by atoms with Gasteiger partial charge in [-0.1, -0.05) is 0 Å². The molecule has 0 aromatic heterocycles. The van der Waals surface area contributed by atoms with Gasteiger partial charge in [-0.2, -0.15) is 0 Å². The molecule has 1 aliphatic heterocycles. The van der Waals surface area contributed by atoms with Gasteiger partial charge in [-0.05, 0) is 6.07 Å². The average Bonchev–Trinajstić information content (AvgIpc) is 2.52. The summed E-state index contributed by atoms with van der Waals surface area (Å²) in [7, 11) is 1.18. The van der Waals surface area contributed by atoms with Crippen LogP contribution < -0.4 is 10.4 Å². The number of esters is 1. The molecule has 0 saturated carbocycles. The van der Waals surface area contributed by atoms with Crippen LogP contribution in [0.4, 0.5) is 17.1 Å². The highest BCUT2D eigenvalue weighted by Crippen LogP contribution is 2.32. The van der Waals surface area contributed by atoms with Crippen LogP contribution in [0.1, 0.15) is 6.42 Å². The minimum absolute atomic E-state index is 0.00764. The lowest BCUT2D eigenvalue weighted by atomic mass is 10.1. The molecule has 124 valence electrons. The highest BCUT2D eigenvalue weighted by Gasteiger charge is 2.34. The first-order chi connectivity index (χ1) is 10.8. The number of nitrogens with one attached hydrogen (secondary N) is 1. The normalized spacial score (nSPS) is 20.9. The van der Waals surface area contributed by atoms with Crippen LogP contribution in [-0.4, -0.2) is 46.7 Å². The van der Waals surface area contributed by atoms with Gasteiger partial charge in [0.15, 0.2) is 0 Å². The van der Waals surface area contributed by atoms with Crippen LogP contribution in [0.5, 0.6) is 0 Å². The summed E-state index contributed by atoms with van der Waals surface area (Å²) >= 11 is 0. The third-order valence-electron chi connectivity index (χ3n) is 3.36. The maximum absolute atomic E-state index is 11.6. The number of hydrogen-bond acceptors (Lipinski definition) is 9. The molecule has 0 bridgehead atoms. The molecule has 2 N–H and O–H groups in total. The van der Waals surface area contributed by atoms with Gasteiger partial charge in [0.05, 0.1) is 35.7 Å². The number of hydrogen-bond donors (Lipinski definition) is 2. The van der Waals surface area contributed by atoms with Crippen molar-refractivity contribution in [2.75, 3.05) is 18.7 Å². The van der Waals surface area contributed by atoms with Gasteiger partial charge in [0, 0.05) is 12.5 Å². The third kappa shape index (κ3) is 3.52. The smallest absolute Gasteiger partial charge is 0.324 e. The zero-order chi connectivity index (χ0) is 17.1. The molecule has 0 spiro atoms. The van der Waals surface area contributed by atoms with Gasteiger partial charge < -0.3 is 9.84 Å². The fraction of sp³-hybridized carbons (Fsp3) is 0.417. The number of non-ortho nitro benzene ring substituents is 1. The fourth-order valence-electron chi connectivity index (χ4n) is 2.31. The van der Waals surface area contributed by atoms with Gasteiger partial charge in [0.2, 0.25) is 0 Å². The summed E-state index contributed by atoms with van der Waals surface area (Å²) in [4.78, 5) is 32.0. The van der Waals surface area contributed by atoms with E-state index in [0.29, 0.717) is 0 Å². The zero-order valence-corrected chi connectivity index (χ0v) is 12.0. The molecule has 0 aliphatic carbocycles.